The third kappa shape index (κ3) is 4.20. The minimum absolute atomic E-state index is 0.221. The molecule has 0 saturated heterocycles. The van der Waals surface area contributed by atoms with Gasteiger partial charge >= 0.3 is 0 Å². The summed E-state index contributed by atoms with van der Waals surface area (Å²) in [5.41, 5.74) is 1.14. The van der Waals surface area contributed by atoms with Crippen LogP contribution in [-0.2, 0) is 4.74 Å². The predicted octanol–water partition coefficient (Wildman–Crippen LogP) is 2.40. The molecule has 0 unspecified atom stereocenters. The number of anilines is 2. The van der Waals surface area contributed by atoms with Gasteiger partial charge in [-0.25, -0.2) is 4.98 Å². The Hall–Kier alpha value is -2.60. The van der Waals surface area contributed by atoms with Gasteiger partial charge in [0, 0.05) is 25.4 Å². The molecule has 1 aromatic heterocycles. The summed E-state index contributed by atoms with van der Waals surface area (Å²) >= 11 is 0. The van der Waals surface area contributed by atoms with Crippen molar-refractivity contribution in [2.24, 2.45) is 0 Å². The van der Waals surface area contributed by atoms with Crippen molar-refractivity contribution in [1.82, 2.24) is 4.98 Å². The summed E-state index contributed by atoms with van der Waals surface area (Å²) in [5.74, 6) is 1.02. The Morgan fingerprint density at radius 3 is 2.82 bits per heavy atom. The average molecular weight is 301 g/mol. The van der Waals surface area contributed by atoms with Crippen molar-refractivity contribution in [2.45, 2.75) is 0 Å². The van der Waals surface area contributed by atoms with Crippen LogP contribution in [-0.4, -0.2) is 38.3 Å². The fourth-order valence-electron chi connectivity index (χ4n) is 1.89. The lowest BCUT2D eigenvalue weighted by atomic mass is 10.2. The Bertz CT molecular complexity index is 632. The molecule has 116 valence electrons. The molecule has 0 aliphatic heterocycles. The molecule has 2 aromatic rings. The Morgan fingerprint density at radius 2 is 2.05 bits per heavy atom. The van der Waals surface area contributed by atoms with Crippen LogP contribution in [0.4, 0.5) is 11.5 Å². The lowest BCUT2D eigenvalue weighted by Gasteiger charge is -2.10. The van der Waals surface area contributed by atoms with Gasteiger partial charge < -0.3 is 20.1 Å². The summed E-state index contributed by atoms with van der Waals surface area (Å²) in [7, 11) is 3.20. The van der Waals surface area contributed by atoms with E-state index in [1.807, 2.05) is 12.1 Å². The number of pyridine rings is 1. The van der Waals surface area contributed by atoms with Gasteiger partial charge in [0.2, 0.25) is 0 Å². The number of carbonyl (C=O) groups is 1. The molecule has 1 aromatic carbocycles. The highest BCUT2D eigenvalue weighted by Gasteiger charge is 2.10. The van der Waals surface area contributed by atoms with Gasteiger partial charge in [-0.15, -0.1) is 0 Å². The van der Waals surface area contributed by atoms with Gasteiger partial charge in [-0.3, -0.25) is 4.79 Å². The molecule has 0 aliphatic rings. The van der Waals surface area contributed by atoms with Crippen molar-refractivity contribution in [3.05, 3.63) is 48.2 Å². The molecule has 0 radical (unpaired) electrons. The highest BCUT2D eigenvalue weighted by molar-refractivity contribution is 6.05. The van der Waals surface area contributed by atoms with Crippen molar-refractivity contribution in [2.75, 3.05) is 38.0 Å². The zero-order valence-corrected chi connectivity index (χ0v) is 12.6. The molecule has 22 heavy (non-hydrogen) atoms. The predicted molar refractivity (Wildman–Crippen MR) is 85.5 cm³/mol. The van der Waals surface area contributed by atoms with Gasteiger partial charge in [-0.2, -0.15) is 0 Å². The molecule has 0 fully saturated rings. The van der Waals surface area contributed by atoms with Crippen LogP contribution in [0.3, 0.4) is 0 Å². The summed E-state index contributed by atoms with van der Waals surface area (Å²) in [5, 5.41) is 5.91. The molecule has 0 spiro atoms. The van der Waals surface area contributed by atoms with Gasteiger partial charge in [0.25, 0.3) is 5.91 Å². The Kier molecular flexibility index (Phi) is 5.73. The number of amides is 1. The fraction of sp³-hybridized carbons (Fsp3) is 0.250. The second-order valence-corrected chi connectivity index (χ2v) is 4.50. The molecule has 0 bridgehead atoms. The van der Waals surface area contributed by atoms with Crippen LogP contribution in [0.15, 0.2) is 42.6 Å². The number of nitrogens with zero attached hydrogens (tertiary/aromatic N) is 1. The molecule has 1 heterocycles. The van der Waals surface area contributed by atoms with E-state index in [2.05, 4.69) is 15.6 Å². The number of hydrogen-bond donors (Lipinski definition) is 2. The van der Waals surface area contributed by atoms with E-state index in [9.17, 15) is 4.79 Å². The molecule has 2 N–H and O–H groups in total. The summed E-state index contributed by atoms with van der Waals surface area (Å²) in [6, 6.07) is 10.6. The number of rotatable bonds is 7. The van der Waals surface area contributed by atoms with Crippen LogP contribution in [0.25, 0.3) is 0 Å². The number of benzene rings is 1. The van der Waals surface area contributed by atoms with Crippen molar-refractivity contribution < 1.29 is 14.3 Å². The lowest BCUT2D eigenvalue weighted by Crippen LogP contribution is -2.14. The van der Waals surface area contributed by atoms with Gasteiger partial charge in [-0.1, -0.05) is 12.1 Å². The first-order valence-corrected chi connectivity index (χ1v) is 6.88. The highest BCUT2D eigenvalue weighted by Crippen LogP contribution is 2.23. The second kappa shape index (κ2) is 7.99. The molecule has 1 amide bonds. The summed E-state index contributed by atoms with van der Waals surface area (Å²) in [6.45, 7) is 1.19. The quantitative estimate of drug-likeness (QED) is 0.768. The largest absolute Gasteiger partial charge is 0.495 e. The van der Waals surface area contributed by atoms with E-state index in [1.54, 1.807) is 44.7 Å². The smallest absolute Gasteiger partial charge is 0.255 e. The van der Waals surface area contributed by atoms with E-state index in [0.717, 1.165) is 0 Å². The van der Waals surface area contributed by atoms with Crippen molar-refractivity contribution in [3.63, 3.8) is 0 Å². The number of methoxy groups -OCH3 is 2. The summed E-state index contributed by atoms with van der Waals surface area (Å²) in [6.07, 6.45) is 1.59. The van der Waals surface area contributed by atoms with Crippen molar-refractivity contribution in [3.8, 4) is 5.75 Å². The summed E-state index contributed by atoms with van der Waals surface area (Å²) < 4.78 is 10.2. The molecule has 0 atom stereocenters. The number of carbonyl (C=O) groups excluding carboxylic acids is 1. The number of aromatic nitrogens is 1. The average Bonchev–Trinajstić information content (AvgIpc) is 2.56. The Labute approximate surface area is 129 Å². The zero-order valence-electron chi connectivity index (χ0n) is 12.6. The topological polar surface area (TPSA) is 72.5 Å². The molecule has 2 rings (SSSR count). The monoisotopic (exact) mass is 301 g/mol. The van der Waals surface area contributed by atoms with Gasteiger partial charge in [0.05, 0.1) is 19.4 Å². The van der Waals surface area contributed by atoms with Gasteiger partial charge in [0.15, 0.2) is 0 Å². The van der Waals surface area contributed by atoms with E-state index in [0.29, 0.717) is 36.0 Å². The van der Waals surface area contributed by atoms with Crippen LogP contribution < -0.4 is 15.4 Å². The third-order valence-corrected chi connectivity index (χ3v) is 2.99. The Morgan fingerprint density at radius 1 is 1.23 bits per heavy atom. The van der Waals surface area contributed by atoms with Crippen molar-refractivity contribution in [1.29, 1.82) is 0 Å². The SMILES string of the molecule is COCCNc1cc(C(=O)Nc2ccccc2OC)ccn1. The van der Waals surface area contributed by atoms with Crippen LogP contribution in [0.2, 0.25) is 0 Å². The molecule has 0 aliphatic carbocycles. The molecule has 6 heteroatoms. The fourth-order valence-corrected chi connectivity index (χ4v) is 1.89. The maximum Gasteiger partial charge on any atom is 0.255 e. The zero-order chi connectivity index (χ0) is 15.8. The van der Waals surface area contributed by atoms with Gasteiger partial charge in [0.1, 0.15) is 11.6 Å². The first kappa shape index (κ1) is 15.8. The highest BCUT2D eigenvalue weighted by atomic mass is 16.5. The van der Waals surface area contributed by atoms with Crippen LogP contribution >= 0.6 is 0 Å². The number of ether oxygens (including phenoxy) is 2. The first-order valence-electron chi connectivity index (χ1n) is 6.88. The van der Waals surface area contributed by atoms with E-state index in [-0.39, 0.29) is 5.91 Å². The normalized spacial score (nSPS) is 10.1. The maximum absolute atomic E-state index is 12.3. The molecular formula is C16H19N3O3. The van der Waals surface area contributed by atoms with Crippen LogP contribution in [0.1, 0.15) is 10.4 Å². The maximum atomic E-state index is 12.3. The minimum Gasteiger partial charge on any atom is -0.495 e. The van der Waals surface area contributed by atoms with Gasteiger partial charge in [-0.05, 0) is 24.3 Å². The van der Waals surface area contributed by atoms with E-state index < -0.39 is 0 Å². The molecule has 0 saturated carbocycles. The summed E-state index contributed by atoms with van der Waals surface area (Å²) in [4.78, 5) is 16.5. The van der Waals surface area contributed by atoms with E-state index >= 15 is 0 Å². The number of para-hydroxylation sites is 2. The number of hydrogen-bond acceptors (Lipinski definition) is 5. The third-order valence-electron chi connectivity index (χ3n) is 2.99. The lowest BCUT2D eigenvalue weighted by molar-refractivity contribution is 0.102. The standard InChI is InChI=1S/C16H19N3O3/c1-21-10-9-18-15-11-12(7-8-17-15)16(20)19-13-5-3-4-6-14(13)22-2/h3-8,11H,9-10H2,1-2H3,(H,17,18)(H,19,20). The van der Waals surface area contributed by atoms with Crippen LogP contribution in [0.5, 0.6) is 5.75 Å². The first-order chi connectivity index (χ1) is 10.7. The second-order valence-electron chi connectivity index (χ2n) is 4.50. The Balaban J connectivity index is 2.07. The molecule has 6 nitrogen and oxygen atoms in total. The van der Waals surface area contributed by atoms with E-state index in [4.69, 9.17) is 9.47 Å². The number of nitrogens with one attached hydrogen (secondary N) is 2. The molecular weight excluding hydrogens is 282 g/mol. The minimum atomic E-state index is -0.221. The van der Waals surface area contributed by atoms with Crippen LogP contribution in [0, 0.1) is 0 Å². The van der Waals surface area contributed by atoms with Crippen molar-refractivity contribution >= 4 is 17.4 Å². The van der Waals surface area contributed by atoms with E-state index in [1.165, 1.54) is 0 Å².